The van der Waals surface area contributed by atoms with E-state index in [1.807, 2.05) is 0 Å². The van der Waals surface area contributed by atoms with Crippen LogP contribution in [0.15, 0.2) is 0 Å². The molecular weight excluding hydrogens is 913 g/mol. The van der Waals surface area contributed by atoms with Crippen LogP contribution in [0.5, 0.6) is 0 Å². The maximum Gasteiger partial charge on any atom is 0.306 e. The summed E-state index contributed by atoms with van der Waals surface area (Å²) in [5.41, 5.74) is 0. The minimum atomic E-state index is -0.760. The number of esters is 3. The minimum Gasteiger partial charge on any atom is -0.462 e. The highest BCUT2D eigenvalue weighted by molar-refractivity contribution is 5.71. The Morgan fingerprint density at radius 2 is 0.365 bits per heavy atom. The molecule has 0 aromatic rings. The number of unbranched alkanes of at least 4 members (excludes halogenated alkanes) is 53. The fourth-order valence-corrected chi connectivity index (χ4v) is 10.7. The van der Waals surface area contributed by atoms with Crippen LogP contribution < -0.4 is 0 Å². The number of ether oxygens (including phenoxy) is 3. The van der Waals surface area contributed by atoms with Gasteiger partial charge in [-0.25, -0.2) is 0 Å². The Balaban J connectivity index is 3.89. The van der Waals surface area contributed by atoms with Gasteiger partial charge < -0.3 is 14.2 Å². The van der Waals surface area contributed by atoms with Gasteiger partial charge in [0.25, 0.3) is 0 Å². The SMILES string of the molecule is CCCCCCCCCCCCCCCCCCCCCCCCCCCCCCCCCCC(=O)OCC(COC(=O)CCCCCCCC)OC(=O)CCCCCCCCCCCCCCCCCCCC. The van der Waals surface area contributed by atoms with E-state index < -0.39 is 6.10 Å². The molecule has 0 aromatic heterocycles. The van der Waals surface area contributed by atoms with Crippen LogP contribution in [0.25, 0.3) is 0 Å². The molecule has 0 bridgehead atoms. The van der Waals surface area contributed by atoms with Crippen LogP contribution in [0.2, 0.25) is 0 Å². The molecule has 1 atom stereocenters. The molecule has 0 aromatic carbocycles. The van der Waals surface area contributed by atoms with Gasteiger partial charge in [0, 0.05) is 19.3 Å². The highest BCUT2D eigenvalue weighted by atomic mass is 16.6. The van der Waals surface area contributed by atoms with Crippen molar-refractivity contribution in [2.75, 3.05) is 13.2 Å². The summed E-state index contributed by atoms with van der Waals surface area (Å²) in [6, 6.07) is 0. The Morgan fingerprint density at radius 1 is 0.216 bits per heavy atom. The van der Waals surface area contributed by atoms with Crippen molar-refractivity contribution >= 4 is 17.9 Å². The third-order valence-corrected chi connectivity index (χ3v) is 15.9. The van der Waals surface area contributed by atoms with Gasteiger partial charge in [0.15, 0.2) is 6.10 Å². The zero-order valence-corrected chi connectivity index (χ0v) is 50.7. The van der Waals surface area contributed by atoms with Crippen molar-refractivity contribution in [2.24, 2.45) is 0 Å². The Labute approximate surface area is 463 Å². The molecule has 0 N–H and O–H groups in total. The van der Waals surface area contributed by atoms with Gasteiger partial charge in [-0.2, -0.15) is 0 Å². The molecule has 0 aliphatic heterocycles. The van der Waals surface area contributed by atoms with Crippen LogP contribution in [0.4, 0.5) is 0 Å². The second-order valence-corrected chi connectivity index (χ2v) is 23.5. The predicted octanol–water partition coefficient (Wildman–Crippen LogP) is 23.1. The number of carbonyl (C=O) groups excluding carboxylic acids is 3. The first-order valence-electron chi connectivity index (χ1n) is 34.0. The van der Waals surface area contributed by atoms with Crippen molar-refractivity contribution in [1.82, 2.24) is 0 Å². The van der Waals surface area contributed by atoms with Crippen molar-refractivity contribution in [3.05, 3.63) is 0 Å². The Kier molecular flexibility index (Phi) is 62.6. The van der Waals surface area contributed by atoms with Crippen LogP contribution in [-0.4, -0.2) is 37.2 Å². The van der Waals surface area contributed by atoms with E-state index in [-0.39, 0.29) is 31.1 Å². The number of hydrogen-bond acceptors (Lipinski definition) is 6. The molecule has 0 fully saturated rings. The second-order valence-electron chi connectivity index (χ2n) is 23.5. The maximum absolute atomic E-state index is 12.8. The summed E-state index contributed by atoms with van der Waals surface area (Å²) in [5.74, 6) is -0.841. The third kappa shape index (κ3) is 61.3. The molecule has 6 heteroatoms. The standard InChI is InChI=1S/C68H132O6/c1-4-7-10-13-16-18-20-22-24-26-28-29-30-31-32-33-34-35-36-37-38-39-40-41-43-44-46-48-50-52-55-58-61-67(70)73-64-65(63-72-66(69)60-57-54-15-12-9-6-3)74-68(71)62-59-56-53-51-49-47-45-42-27-25-23-21-19-17-14-11-8-5-2/h65H,4-64H2,1-3H3. The van der Waals surface area contributed by atoms with Crippen molar-refractivity contribution < 1.29 is 28.6 Å². The average molecular weight is 1050 g/mol. The molecule has 6 nitrogen and oxygen atoms in total. The van der Waals surface area contributed by atoms with Gasteiger partial charge in [0.2, 0.25) is 0 Å². The lowest BCUT2D eigenvalue weighted by molar-refractivity contribution is -0.167. The summed E-state index contributed by atoms with van der Waals surface area (Å²) in [5, 5.41) is 0. The van der Waals surface area contributed by atoms with Crippen LogP contribution in [0.3, 0.4) is 0 Å². The Bertz CT molecular complexity index is 1110. The lowest BCUT2D eigenvalue weighted by atomic mass is 10.0. The van der Waals surface area contributed by atoms with Gasteiger partial charge >= 0.3 is 17.9 Å². The van der Waals surface area contributed by atoms with E-state index in [1.54, 1.807) is 0 Å². The van der Waals surface area contributed by atoms with Gasteiger partial charge in [-0.3, -0.25) is 14.4 Å². The molecule has 440 valence electrons. The monoisotopic (exact) mass is 1050 g/mol. The van der Waals surface area contributed by atoms with E-state index >= 15 is 0 Å². The number of hydrogen-bond donors (Lipinski definition) is 0. The second kappa shape index (κ2) is 63.9. The molecule has 0 spiro atoms. The first-order valence-corrected chi connectivity index (χ1v) is 34.0. The topological polar surface area (TPSA) is 78.9 Å². The van der Waals surface area contributed by atoms with Crippen LogP contribution in [0, 0.1) is 0 Å². The van der Waals surface area contributed by atoms with Gasteiger partial charge in [0.1, 0.15) is 13.2 Å². The molecule has 0 heterocycles. The van der Waals surface area contributed by atoms with E-state index in [1.165, 1.54) is 302 Å². The van der Waals surface area contributed by atoms with E-state index in [2.05, 4.69) is 20.8 Å². The molecule has 74 heavy (non-hydrogen) atoms. The van der Waals surface area contributed by atoms with Crippen molar-refractivity contribution in [3.63, 3.8) is 0 Å². The van der Waals surface area contributed by atoms with Crippen LogP contribution in [-0.2, 0) is 28.6 Å². The zero-order chi connectivity index (χ0) is 53.6. The van der Waals surface area contributed by atoms with Gasteiger partial charge in [-0.1, -0.05) is 361 Å². The fraction of sp³-hybridized carbons (Fsp3) is 0.956. The molecule has 1 unspecified atom stereocenters. The first-order chi connectivity index (χ1) is 36.5. The van der Waals surface area contributed by atoms with E-state index in [4.69, 9.17) is 14.2 Å². The molecule has 0 amide bonds. The smallest absolute Gasteiger partial charge is 0.306 e. The lowest BCUT2D eigenvalue weighted by Crippen LogP contribution is -2.30. The molecule has 0 saturated heterocycles. The predicted molar refractivity (Wildman–Crippen MR) is 321 cm³/mol. The van der Waals surface area contributed by atoms with Crippen molar-refractivity contribution in [2.45, 2.75) is 406 Å². The van der Waals surface area contributed by atoms with Crippen molar-refractivity contribution in [1.29, 1.82) is 0 Å². The molecule has 0 aliphatic carbocycles. The van der Waals surface area contributed by atoms with Crippen LogP contribution in [0.1, 0.15) is 400 Å². The quantitative estimate of drug-likeness (QED) is 0.0343. The van der Waals surface area contributed by atoms with Gasteiger partial charge in [-0.15, -0.1) is 0 Å². The first kappa shape index (κ1) is 72.4. The summed E-state index contributed by atoms with van der Waals surface area (Å²) < 4.78 is 16.8. The van der Waals surface area contributed by atoms with Gasteiger partial charge in [-0.05, 0) is 19.3 Å². The summed E-state index contributed by atoms with van der Waals surface area (Å²) in [6.07, 6.45) is 74.7. The zero-order valence-electron chi connectivity index (χ0n) is 50.7. The van der Waals surface area contributed by atoms with Crippen LogP contribution >= 0.6 is 0 Å². The molecule has 0 rings (SSSR count). The largest absolute Gasteiger partial charge is 0.462 e. The highest BCUT2D eigenvalue weighted by Gasteiger charge is 2.19. The molecule has 0 radical (unpaired) electrons. The van der Waals surface area contributed by atoms with Gasteiger partial charge in [0.05, 0.1) is 0 Å². The van der Waals surface area contributed by atoms with E-state index in [9.17, 15) is 14.4 Å². The Morgan fingerprint density at radius 3 is 0.541 bits per heavy atom. The molecular formula is C68H132O6. The summed E-state index contributed by atoms with van der Waals surface area (Å²) in [6.45, 7) is 6.66. The number of carbonyl (C=O) groups is 3. The average Bonchev–Trinajstić information content (AvgIpc) is 3.40. The summed E-state index contributed by atoms with van der Waals surface area (Å²) in [7, 11) is 0. The minimum absolute atomic E-state index is 0.0619. The molecule has 0 saturated carbocycles. The molecule has 0 aliphatic rings. The normalized spacial score (nSPS) is 11.9. The Hall–Kier alpha value is -1.59. The number of rotatable bonds is 64. The highest BCUT2D eigenvalue weighted by Crippen LogP contribution is 2.19. The maximum atomic E-state index is 12.8. The summed E-state index contributed by atoms with van der Waals surface area (Å²) in [4.78, 5) is 38.0. The van der Waals surface area contributed by atoms with E-state index in [0.29, 0.717) is 19.3 Å². The fourth-order valence-electron chi connectivity index (χ4n) is 10.7. The summed E-state index contributed by atoms with van der Waals surface area (Å²) >= 11 is 0. The van der Waals surface area contributed by atoms with Crippen molar-refractivity contribution in [3.8, 4) is 0 Å². The lowest BCUT2D eigenvalue weighted by Gasteiger charge is -2.18. The third-order valence-electron chi connectivity index (χ3n) is 15.9. The van der Waals surface area contributed by atoms with E-state index in [0.717, 1.165) is 57.8 Å².